The molecule has 8 heteroatoms. The van der Waals surface area contributed by atoms with Gasteiger partial charge >= 0.3 is 5.97 Å². The zero-order valence-corrected chi connectivity index (χ0v) is 13.4. The summed E-state index contributed by atoms with van der Waals surface area (Å²) in [6.45, 7) is 3.26. The highest BCUT2D eigenvalue weighted by molar-refractivity contribution is 9.10. The number of hydrogen-bond acceptors (Lipinski definition) is 5. The first kappa shape index (κ1) is 17.1. The molecule has 0 fully saturated rings. The molecule has 0 heterocycles. The Morgan fingerprint density at radius 2 is 2.05 bits per heavy atom. The van der Waals surface area contributed by atoms with Gasteiger partial charge in [0.2, 0.25) is 0 Å². The maximum Gasteiger partial charge on any atom is 0.325 e. The topological polar surface area (TPSA) is 89.8 Å². The summed E-state index contributed by atoms with van der Waals surface area (Å²) in [7, 11) is 1.23. The van der Waals surface area contributed by atoms with Crippen LogP contribution in [-0.2, 0) is 9.53 Å². The minimum Gasteiger partial charge on any atom is -0.468 e. The molecule has 0 aliphatic heterocycles. The zero-order chi connectivity index (χ0) is 16.2. The summed E-state index contributed by atoms with van der Waals surface area (Å²) in [4.78, 5) is 35.5. The molecular weight excluding hydrogens is 344 g/mol. The molecule has 0 aliphatic carbocycles. The quantitative estimate of drug-likeness (QED) is 0.457. The fraction of sp³-hybridized carbons (Fsp3) is 0.385. The number of hydrogen-bond donors (Lipinski definition) is 0. The second-order valence-electron chi connectivity index (χ2n) is 4.50. The van der Waals surface area contributed by atoms with Crippen LogP contribution in [0.2, 0.25) is 0 Å². The number of esters is 1. The highest BCUT2D eigenvalue weighted by atomic mass is 79.9. The molecule has 0 saturated carbocycles. The molecule has 0 spiro atoms. The molecule has 0 bridgehead atoms. The number of carbonyl (C=O) groups excluding carboxylic acids is 2. The van der Waals surface area contributed by atoms with E-state index < -0.39 is 16.8 Å². The highest BCUT2D eigenvalue weighted by Gasteiger charge is 2.26. The molecule has 1 aromatic carbocycles. The van der Waals surface area contributed by atoms with E-state index in [1.165, 1.54) is 30.2 Å². The number of nitro groups is 1. The van der Waals surface area contributed by atoms with E-state index in [-0.39, 0.29) is 28.3 Å². The van der Waals surface area contributed by atoms with Gasteiger partial charge in [-0.05, 0) is 35.8 Å². The average molecular weight is 359 g/mol. The van der Waals surface area contributed by atoms with Gasteiger partial charge in [-0.15, -0.1) is 0 Å². The van der Waals surface area contributed by atoms with E-state index in [0.29, 0.717) is 0 Å². The van der Waals surface area contributed by atoms with Crippen LogP contribution in [-0.4, -0.2) is 41.4 Å². The van der Waals surface area contributed by atoms with Gasteiger partial charge in [0, 0.05) is 12.1 Å². The second kappa shape index (κ2) is 7.16. The number of halogens is 1. The third-order valence-corrected chi connectivity index (χ3v) is 3.65. The molecule has 0 unspecified atom stereocenters. The summed E-state index contributed by atoms with van der Waals surface area (Å²) in [5, 5.41) is 10.9. The molecular formula is C13H15BrN2O5. The number of ether oxygens (including phenoxy) is 1. The number of amides is 1. The zero-order valence-electron chi connectivity index (χ0n) is 11.8. The van der Waals surface area contributed by atoms with Gasteiger partial charge < -0.3 is 9.64 Å². The Kier molecular flexibility index (Phi) is 5.83. The van der Waals surface area contributed by atoms with Gasteiger partial charge in [-0.3, -0.25) is 19.7 Å². The van der Waals surface area contributed by atoms with Crippen molar-refractivity contribution in [3.63, 3.8) is 0 Å². The van der Waals surface area contributed by atoms with Crippen LogP contribution in [0.1, 0.15) is 24.2 Å². The summed E-state index contributed by atoms with van der Waals surface area (Å²) >= 11 is 3.08. The Hall–Kier alpha value is -1.96. The van der Waals surface area contributed by atoms with Crippen molar-refractivity contribution in [2.75, 3.05) is 13.7 Å². The molecule has 0 saturated heterocycles. The van der Waals surface area contributed by atoms with E-state index in [2.05, 4.69) is 20.7 Å². The Bertz CT molecular complexity index is 574. The minimum atomic E-state index is -0.582. The van der Waals surface area contributed by atoms with Gasteiger partial charge in [-0.25, -0.2) is 0 Å². The van der Waals surface area contributed by atoms with Crippen LogP contribution in [0.5, 0.6) is 0 Å². The normalized spacial score (nSPS) is 10.3. The number of rotatable bonds is 5. The van der Waals surface area contributed by atoms with Crippen LogP contribution >= 0.6 is 15.9 Å². The van der Waals surface area contributed by atoms with Crippen LogP contribution in [0.4, 0.5) is 5.69 Å². The van der Waals surface area contributed by atoms with Gasteiger partial charge in [0.25, 0.3) is 11.6 Å². The van der Waals surface area contributed by atoms with E-state index in [9.17, 15) is 19.7 Å². The molecule has 0 atom stereocenters. The first-order valence-electron chi connectivity index (χ1n) is 6.10. The Morgan fingerprint density at radius 3 is 2.52 bits per heavy atom. The van der Waals surface area contributed by atoms with Crippen molar-refractivity contribution < 1.29 is 19.2 Å². The maximum absolute atomic E-state index is 12.5. The lowest BCUT2D eigenvalue weighted by atomic mass is 10.1. The van der Waals surface area contributed by atoms with Crippen molar-refractivity contribution in [2.45, 2.75) is 19.9 Å². The summed E-state index contributed by atoms with van der Waals surface area (Å²) in [5.41, 5.74) is -0.0792. The first-order valence-corrected chi connectivity index (χ1v) is 6.89. The van der Waals surface area contributed by atoms with Crippen LogP contribution in [0.3, 0.4) is 0 Å². The first-order chi connectivity index (χ1) is 9.79. The monoisotopic (exact) mass is 358 g/mol. The van der Waals surface area contributed by atoms with E-state index in [0.717, 1.165) is 0 Å². The Balaban J connectivity index is 3.18. The number of benzene rings is 1. The van der Waals surface area contributed by atoms with Gasteiger partial charge in [0.1, 0.15) is 11.0 Å². The van der Waals surface area contributed by atoms with Crippen molar-refractivity contribution in [2.24, 2.45) is 0 Å². The summed E-state index contributed by atoms with van der Waals surface area (Å²) in [5.74, 6) is -1.04. The van der Waals surface area contributed by atoms with Crippen molar-refractivity contribution >= 4 is 33.5 Å². The number of carbonyl (C=O) groups is 2. The molecule has 0 aromatic heterocycles. The van der Waals surface area contributed by atoms with Gasteiger partial charge in [-0.2, -0.15) is 0 Å². The highest BCUT2D eigenvalue weighted by Crippen LogP contribution is 2.29. The largest absolute Gasteiger partial charge is 0.468 e. The molecule has 0 N–H and O–H groups in total. The molecule has 21 heavy (non-hydrogen) atoms. The number of nitro benzene ring substituents is 1. The van der Waals surface area contributed by atoms with Crippen molar-refractivity contribution in [3.05, 3.63) is 38.3 Å². The van der Waals surface area contributed by atoms with E-state index in [1.54, 1.807) is 13.8 Å². The average Bonchev–Trinajstić information content (AvgIpc) is 2.43. The maximum atomic E-state index is 12.5. The van der Waals surface area contributed by atoms with Crippen LogP contribution in [0.15, 0.2) is 22.7 Å². The van der Waals surface area contributed by atoms with E-state index >= 15 is 0 Å². The Morgan fingerprint density at radius 1 is 1.43 bits per heavy atom. The number of methoxy groups -OCH3 is 1. The van der Waals surface area contributed by atoms with Crippen molar-refractivity contribution in [1.29, 1.82) is 0 Å². The summed E-state index contributed by atoms with van der Waals surface area (Å²) in [6, 6.07) is 3.92. The standard InChI is InChI=1S/C13H15BrN2O5/c1-8(2)15(7-11(17)21-3)13(18)9-5-4-6-10(12(9)14)16(19)20/h4-6,8H,7H2,1-3H3. The lowest BCUT2D eigenvalue weighted by molar-refractivity contribution is -0.385. The smallest absolute Gasteiger partial charge is 0.325 e. The molecule has 1 rings (SSSR count). The molecule has 7 nitrogen and oxygen atoms in total. The van der Waals surface area contributed by atoms with E-state index in [4.69, 9.17) is 0 Å². The van der Waals surface area contributed by atoms with Crippen LogP contribution in [0.25, 0.3) is 0 Å². The fourth-order valence-electron chi connectivity index (χ4n) is 1.67. The molecule has 114 valence electrons. The van der Waals surface area contributed by atoms with Crippen LogP contribution in [0, 0.1) is 10.1 Å². The van der Waals surface area contributed by atoms with Gasteiger partial charge in [-0.1, -0.05) is 6.07 Å². The number of nitrogens with zero attached hydrogens (tertiary/aromatic N) is 2. The summed E-state index contributed by atoms with van der Waals surface area (Å²) in [6.07, 6.45) is 0. The van der Waals surface area contributed by atoms with Crippen LogP contribution < -0.4 is 0 Å². The third kappa shape index (κ3) is 4.01. The fourth-order valence-corrected chi connectivity index (χ4v) is 2.25. The Labute approximate surface area is 130 Å². The molecule has 1 amide bonds. The van der Waals surface area contributed by atoms with Gasteiger partial charge in [0.15, 0.2) is 0 Å². The SMILES string of the molecule is COC(=O)CN(C(=O)c1cccc([N+](=O)[O-])c1Br)C(C)C. The molecule has 1 aromatic rings. The lowest BCUT2D eigenvalue weighted by Crippen LogP contribution is -2.41. The molecule has 0 radical (unpaired) electrons. The third-order valence-electron chi connectivity index (χ3n) is 2.82. The van der Waals surface area contributed by atoms with Crippen molar-refractivity contribution in [3.8, 4) is 0 Å². The minimum absolute atomic E-state index is 0.0931. The molecule has 0 aliphatic rings. The predicted molar refractivity (Wildman–Crippen MR) is 79.0 cm³/mol. The second-order valence-corrected chi connectivity index (χ2v) is 5.29. The van der Waals surface area contributed by atoms with Crippen molar-refractivity contribution in [1.82, 2.24) is 4.90 Å². The summed E-state index contributed by atoms with van der Waals surface area (Å²) < 4.78 is 4.65. The lowest BCUT2D eigenvalue weighted by Gasteiger charge is -2.25. The predicted octanol–water partition coefficient (Wildman–Crippen LogP) is 2.38. The van der Waals surface area contributed by atoms with E-state index in [1.807, 2.05) is 0 Å². The van der Waals surface area contributed by atoms with Gasteiger partial charge in [0.05, 0.1) is 17.6 Å².